The van der Waals surface area contributed by atoms with Gasteiger partial charge in [0.15, 0.2) is 5.76 Å². The van der Waals surface area contributed by atoms with Crippen molar-refractivity contribution >= 4 is 62.0 Å². The van der Waals surface area contributed by atoms with E-state index in [0.717, 1.165) is 25.8 Å². The highest BCUT2D eigenvalue weighted by molar-refractivity contribution is 9.10. The second-order valence-corrected chi connectivity index (χ2v) is 12.8. The van der Waals surface area contributed by atoms with Crippen molar-refractivity contribution in [2.75, 3.05) is 26.0 Å². The van der Waals surface area contributed by atoms with E-state index in [-0.39, 0.29) is 42.9 Å². The third kappa shape index (κ3) is 7.56. The Hall–Kier alpha value is -4.30. The summed E-state index contributed by atoms with van der Waals surface area (Å²) < 4.78 is 7.56. The lowest BCUT2D eigenvalue weighted by Crippen LogP contribution is -2.57. The number of likely N-dealkylation sites (tertiary alicyclic amines) is 1. The Morgan fingerprint density at radius 1 is 1.11 bits per heavy atom. The number of carbonyl (C=O) groups is 5. The number of likely N-dealkylation sites (N-methyl/N-ethyl adjacent to an activating group) is 1. The van der Waals surface area contributed by atoms with Crippen LogP contribution in [0.5, 0.6) is 0 Å². The topological polar surface area (TPSA) is 172 Å². The predicted molar refractivity (Wildman–Crippen MR) is 173 cm³/mol. The molecule has 4 atom stereocenters. The fourth-order valence-electron chi connectivity index (χ4n) is 6.40. The number of anilines is 1. The molecule has 4 amide bonds. The van der Waals surface area contributed by atoms with Crippen LogP contribution < -0.4 is 26.8 Å². The summed E-state index contributed by atoms with van der Waals surface area (Å²) in [6, 6.07) is 8.33. The molecule has 1 saturated carbocycles. The number of hydrogen-bond donors (Lipinski definition) is 4. The molecule has 1 saturated heterocycles. The quantitative estimate of drug-likeness (QED) is 0.221. The molecule has 0 radical (unpaired) electrons. The minimum Gasteiger partial charge on any atom is -0.451 e. The minimum atomic E-state index is -1.31. The van der Waals surface area contributed by atoms with Crippen LogP contribution in [0, 0.1) is 11.8 Å². The fraction of sp³-hybridized carbons (Fsp3) is 0.438. The van der Waals surface area contributed by atoms with Gasteiger partial charge in [0.05, 0.1) is 6.17 Å². The van der Waals surface area contributed by atoms with Gasteiger partial charge in [-0.3, -0.25) is 33.7 Å². The number of fused-ring (bicyclic) bond motifs is 3. The number of piperidine rings is 1. The molecule has 244 valence electrons. The SMILES string of the molecule is CNC(=O)C(=O)CC[C@H](NC(=O)c1cc2c(Br)cccc2o1)C(=O)Nc1cccn(CC(=O)NC2C3CCCC(C3)CN2C)c1=O. The number of ketones is 1. The van der Waals surface area contributed by atoms with Gasteiger partial charge in [-0.2, -0.15) is 0 Å². The van der Waals surface area contributed by atoms with E-state index in [0.29, 0.717) is 27.3 Å². The van der Waals surface area contributed by atoms with Crippen molar-refractivity contribution < 1.29 is 28.4 Å². The Morgan fingerprint density at radius 2 is 1.91 bits per heavy atom. The Kier molecular flexibility index (Phi) is 10.4. The first-order valence-corrected chi connectivity index (χ1v) is 16.1. The van der Waals surface area contributed by atoms with Gasteiger partial charge in [0, 0.05) is 36.1 Å². The smallest absolute Gasteiger partial charge is 0.287 e. The van der Waals surface area contributed by atoms with Crippen LogP contribution in [0.3, 0.4) is 0 Å². The number of amides is 4. The molecule has 0 spiro atoms. The number of nitrogens with one attached hydrogen (secondary N) is 4. The highest BCUT2D eigenvalue weighted by Crippen LogP contribution is 2.36. The van der Waals surface area contributed by atoms with Gasteiger partial charge in [0.25, 0.3) is 17.4 Å². The summed E-state index contributed by atoms with van der Waals surface area (Å²) in [5.74, 6) is -2.50. The largest absolute Gasteiger partial charge is 0.451 e. The maximum atomic E-state index is 13.4. The van der Waals surface area contributed by atoms with E-state index in [1.165, 1.54) is 42.4 Å². The van der Waals surface area contributed by atoms with Crippen molar-refractivity contribution in [3.63, 3.8) is 0 Å². The maximum absolute atomic E-state index is 13.4. The van der Waals surface area contributed by atoms with Crippen LogP contribution in [0.15, 0.2) is 56.3 Å². The molecule has 14 heteroatoms. The molecule has 13 nitrogen and oxygen atoms in total. The zero-order chi connectivity index (χ0) is 33.0. The van der Waals surface area contributed by atoms with Crippen LogP contribution in [-0.2, 0) is 25.7 Å². The molecule has 3 aromatic rings. The van der Waals surface area contributed by atoms with Crippen molar-refractivity contribution in [1.29, 1.82) is 0 Å². The first-order chi connectivity index (χ1) is 22.0. The number of halogens is 1. The molecule has 4 N–H and O–H groups in total. The lowest BCUT2D eigenvalue weighted by atomic mass is 9.76. The number of aromatic nitrogens is 1. The van der Waals surface area contributed by atoms with E-state index >= 15 is 0 Å². The molecule has 2 bridgehead atoms. The first-order valence-electron chi connectivity index (χ1n) is 15.3. The number of benzene rings is 1. The second-order valence-electron chi connectivity index (χ2n) is 11.9. The molecular formula is C32H37BrN6O7. The summed E-state index contributed by atoms with van der Waals surface area (Å²) in [5.41, 5.74) is -0.286. The van der Waals surface area contributed by atoms with E-state index < -0.39 is 35.1 Å². The van der Waals surface area contributed by atoms with Crippen LogP contribution in [0.4, 0.5) is 5.69 Å². The highest BCUT2D eigenvalue weighted by atomic mass is 79.9. The normalized spacial score (nSPS) is 20.0. The van der Waals surface area contributed by atoms with Crippen molar-refractivity contribution in [3.8, 4) is 0 Å². The summed E-state index contributed by atoms with van der Waals surface area (Å²) in [6.45, 7) is 0.675. The summed E-state index contributed by atoms with van der Waals surface area (Å²) in [6.07, 6.45) is 5.27. The third-order valence-electron chi connectivity index (χ3n) is 8.69. The van der Waals surface area contributed by atoms with Gasteiger partial charge in [-0.15, -0.1) is 0 Å². The molecule has 1 aromatic carbocycles. The standard InChI is InChI=1S/C32H37BrN6O7/c1-34-30(43)24(40)12-11-22(35-31(44)26-15-20-21(33)8-4-10-25(20)46-26)29(42)36-23-9-5-13-39(32(23)45)17-27(41)37-28-19-7-3-6-18(14-19)16-38(28)2/h4-5,8-10,13,15,18-19,22,28H,3,6-7,11-12,14,16-17H2,1-2H3,(H,34,43)(H,35,44)(H,36,42)(H,37,41)/t18?,19?,22-,28?/m0/s1. The fourth-order valence-corrected chi connectivity index (χ4v) is 6.86. The number of pyridine rings is 1. The third-order valence-corrected chi connectivity index (χ3v) is 9.38. The molecule has 1 aliphatic heterocycles. The van der Waals surface area contributed by atoms with Gasteiger partial charge in [-0.25, -0.2) is 0 Å². The molecule has 3 heterocycles. The average Bonchev–Trinajstić information content (AvgIpc) is 3.48. The van der Waals surface area contributed by atoms with E-state index in [9.17, 15) is 28.8 Å². The second kappa shape index (κ2) is 14.4. The number of rotatable bonds is 11. The van der Waals surface area contributed by atoms with E-state index in [1.807, 2.05) is 7.05 Å². The summed E-state index contributed by atoms with van der Waals surface area (Å²) >= 11 is 3.41. The molecule has 2 fully saturated rings. The number of hydrogen-bond acceptors (Lipinski definition) is 8. The molecule has 1 aliphatic carbocycles. The van der Waals surface area contributed by atoms with Gasteiger partial charge in [0.2, 0.25) is 17.6 Å². The Morgan fingerprint density at radius 3 is 2.67 bits per heavy atom. The Bertz CT molecular complexity index is 1720. The summed E-state index contributed by atoms with van der Waals surface area (Å²) in [7, 11) is 3.31. The number of furan rings is 1. The van der Waals surface area contributed by atoms with Crippen LogP contribution in [-0.4, -0.2) is 71.7 Å². The zero-order valence-corrected chi connectivity index (χ0v) is 27.2. The van der Waals surface area contributed by atoms with Crippen LogP contribution in [0.2, 0.25) is 0 Å². The highest BCUT2D eigenvalue weighted by Gasteiger charge is 2.37. The van der Waals surface area contributed by atoms with Gasteiger partial charge >= 0.3 is 0 Å². The predicted octanol–water partition coefficient (Wildman–Crippen LogP) is 2.38. The zero-order valence-electron chi connectivity index (χ0n) is 25.6. The Labute approximate surface area is 273 Å². The molecule has 2 aliphatic rings. The molecule has 3 unspecified atom stereocenters. The van der Waals surface area contributed by atoms with Gasteiger partial charge in [-0.1, -0.05) is 28.4 Å². The van der Waals surface area contributed by atoms with E-state index in [2.05, 4.69) is 42.1 Å². The number of Topliss-reactive ketones (excluding diaryl/α,β-unsaturated/α-hetero) is 1. The first kappa shape index (κ1) is 33.1. The van der Waals surface area contributed by atoms with Crippen molar-refractivity contribution in [2.24, 2.45) is 11.8 Å². The molecular weight excluding hydrogens is 660 g/mol. The minimum absolute atomic E-state index is 0.0715. The van der Waals surface area contributed by atoms with Crippen LogP contribution in [0.25, 0.3) is 11.0 Å². The summed E-state index contributed by atoms with van der Waals surface area (Å²) in [4.78, 5) is 79.1. The summed E-state index contributed by atoms with van der Waals surface area (Å²) in [5, 5.41) is 11.1. The van der Waals surface area contributed by atoms with E-state index in [4.69, 9.17) is 4.42 Å². The molecule has 2 aromatic heterocycles. The number of nitrogens with zero attached hydrogens (tertiary/aromatic N) is 2. The molecule has 5 rings (SSSR count). The van der Waals surface area contributed by atoms with E-state index in [1.54, 1.807) is 18.2 Å². The van der Waals surface area contributed by atoms with Gasteiger partial charge < -0.3 is 30.3 Å². The lowest BCUT2D eigenvalue weighted by molar-refractivity contribution is -0.137. The van der Waals surface area contributed by atoms with Crippen molar-refractivity contribution in [3.05, 3.63) is 63.2 Å². The van der Waals surface area contributed by atoms with Gasteiger partial charge in [0.1, 0.15) is 23.9 Å². The lowest BCUT2D eigenvalue weighted by Gasteiger charge is -2.46. The Balaban J connectivity index is 1.28. The van der Waals surface area contributed by atoms with Crippen LogP contribution in [0.1, 0.15) is 49.1 Å². The maximum Gasteiger partial charge on any atom is 0.287 e. The monoisotopic (exact) mass is 696 g/mol. The molecule has 46 heavy (non-hydrogen) atoms. The van der Waals surface area contributed by atoms with Crippen molar-refractivity contribution in [2.45, 2.75) is 57.3 Å². The van der Waals surface area contributed by atoms with Crippen LogP contribution >= 0.6 is 15.9 Å². The van der Waals surface area contributed by atoms with Gasteiger partial charge in [-0.05, 0) is 74.9 Å². The van der Waals surface area contributed by atoms with Crippen molar-refractivity contribution in [1.82, 2.24) is 25.4 Å². The number of carbonyl (C=O) groups excluding carboxylic acids is 5. The average molecular weight is 698 g/mol.